The molecule has 1 amide bonds. The van der Waals surface area contributed by atoms with Crippen molar-refractivity contribution in [3.63, 3.8) is 0 Å². The van der Waals surface area contributed by atoms with E-state index in [0.29, 0.717) is 15.7 Å². The molecule has 0 aliphatic rings. The van der Waals surface area contributed by atoms with Gasteiger partial charge in [-0.3, -0.25) is 4.79 Å². The molecule has 0 aliphatic heterocycles. The highest BCUT2D eigenvalue weighted by molar-refractivity contribution is 9.10. The summed E-state index contributed by atoms with van der Waals surface area (Å²) in [6.45, 7) is 1.77. The van der Waals surface area contributed by atoms with Crippen LogP contribution < -0.4 is 16.0 Å². The summed E-state index contributed by atoms with van der Waals surface area (Å²) in [5, 5.41) is 3.31. The van der Waals surface area contributed by atoms with Crippen LogP contribution in [-0.2, 0) is 0 Å². The van der Waals surface area contributed by atoms with Gasteiger partial charge in [0.15, 0.2) is 5.13 Å². The number of rotatable bonds is 3. The summed E-state index contributed by atoms with van der Waals surface area (Å²) in [6.07, 6.45) is 0. The lowest BCUT2D eigenvalue weighted by Gasteiger charge is -2.18. The predicted molar refractivity (Wildman–Crippen MR) is 87.7 cm³/mol. The fourth-order valence-corrected chi connectivity index (χ4v) is 2.90. The van der Waals surface area contributed by atoms with Crippen LogP contribution in [0.4, 0.5) is 16.5 Å². The van der Waals surface area contributed by atoms with E-state index in [0.717, 1.165) is 15.8 Å². The molecule has 0 bridgehead atoms. The molecular formula is C13H15BrN4OS. The average molecular weight is 355 g/mol. The van der Waals surface area contributed by atoms with Gasteiger partial charge in [-0.1, -0.05) is 27.3 Å². The Labute approximate surface area is 129 Å². The second kappa shape index (κ2) is 5.80. The first-order valence-electron chi connectivity index (χ1n) is 5.89. The summed E-state index contributed by atoms with van der Waals surface area (Å²) in [5.74, 6) is -0.196. The number of benzene rings is 1. The fourth-order valence-electron chi connectivity index (χ4n) is 1.81. The SMILES string of the molecule is Cc1nc(N)sc1C(=O)Nc1cc(Br)ccc1N(C)C. The number of nitrogen functional groups attached to an aromatic ring is 1. The highest BCUT2D eigenvalue weighted by atomic mass is 79.9. The summed E-state index contributed by atoms with van der Waals surface area (Å²) < 4.78 is 0.902. The number of aromatic nitrogens is 1. The maximum Gasteiger partial charge on any atom is 0.267 e. The van der Waals surface area contributed by atoms with Gasteiger partial charge in [0.25, 0.3) is 5.91 Å². The number of halogens is 1. The molecule has 1 aromatic carbocycles. The third-order valence-electron chi connectivity index (χ3n) is 2.71. The Morgan fingerprint density at radius 1 is 1.45 bits per heavy atom. The molecule has 1 heterocycles. The van der Waals surface area contributed by atoms with Crippen molar-refractivity contribution in [2.75, 3.05) is 30.0 Å². The molecule has 0 radical (unpaired) electrons. The van der Waals surface area contributed by atoms with Gasteiger partial charge in [0.2, 0.25) is 0 Å². The Balaban J connectivity index is 2.32. The van der Waals surface area contributed by atoms with Crippen molar-refractivity contribution in [2.45, 2.75) is 6.92 Å². The molecule has 0 fully saturated rings. The van der Waals surface area contributed by atoms with Crippen molar-refractivity contribution in [1.82, 2.24) is 4.98 Å². The minimum Gasteiger partial charge on any atom is -0.376 e. The lowest BCUT2D eigenvalue weighted by molar-refractivity contribution is 0.103. The van der Waals surface area contributed by atoms with E-state index >= 15 is 0 Å². The number of hydrogen-bond acceptors (Lipinski definition) is 5. The zero-order chi connectivity index (χ0) is 14.9. The van der Waals surface area contributed by atoms with Crippen molar-refractivity contribution in [3.8, 4) is 0 Å². The molecule has 7 heteroatoms. The van der Waals surface area contributed by atoms with Crippen LogP contribution in [0.2, 0.25) is 0 Å². The second-order valence-electron chi connectivity index (χ2n) is 4.48. The quantitative estimate of drug-likeness (QED) is 0.888. The van der Waals surface area contributed by atoms with Crippen LogP contribution in [0.5, 0.6) is 0 Å². The normalized spacial score (nSPS) is 10.4. The molecule has 0 saturated carbocycles. The van der Waals surface area contributed by atoms with Crippen molar-refractivity contribution in [2.24, 2.45) is 0 Å². The standard InChI is InChI=1S/C13H15BrN4OS/c1-7-11(20-13(15)16-7)12(19)17-9-6-8(14)4-5-10(9)18(2)3/h4-6H,1-3H3,(H2,15,16)(H,17,19). The largest absolute Gasteiger partial charge is 0.376 e. The van der Waals surface area contributed by atoms with E-state index < -0.39 is 0 Å². The molecule has 0 atom stereocenters. The smallest absolute Gasteiger partial charge is 0.267 e. The van der Waals surface area contributed by atoms with Crippen molar-refractivity contribution < 1.29 is 4.79 Å². The fraction of sp³-hybridized carbons (Fsp3) is 0.231. The van der Waals surface area contributed by atoms with Crippen LogP contribution in [0, 0.1) is 6.92 Å². The zero-order valence-corrected chi connectivity index (χ0v) is 13.8. The predicted octanol–water partition coefficient (Wildman–Crippen LogP) is 3.11. The molecule has 5 nitrogen and oxygen atoms in total. The van der Waals surface area contributed by atoms with Crippen LogP contribution in [0.3, 0.4) is 0 Å². The number of nitrogens with one attached hydrogen (secondary N) is 1. The Hall–Kier alpha value is -1.60. The first-order valence-corrected chi connectivity index (χ1v) is 7.50. The van der Waals surface area contributed by atoms with Crippen LogP contribution in [0.15, 0.2) is 22.7 Å². The number of hydrogen-bond donors (Lipinski definition) is 2. The number of nitrogens with zero attached hydrogens (tertiary/aromatic N) is 2. The van der Waals surface area contributed by atoms with E-state index in [1.54, 1.807) is 6.92 Å². The molecule has 106 valence electrons. The monoisotopic (exact) mass is 354 g/mol. The van der Waals surface area contributed by atoms with E-state index in [2.05, 4.69) is 26.2 Å². The van der Waals surface area contributed by atoms with Crippen LogP contribution in [0.1, 0.15) is 15.4 Å². The number of nitrogens with two attached hydrogens (primary N) is 1. The summed E-state index contributed by atoms with van der Waals surface area (Å²) in [6, 6.07) is 5.74. The van der Waals surface area contributed by atoms with Gasteiger partial charge in [-0.2, -0.15) is 0 Å². The zero-order valence-electron chi connectivity index (χ0n) is 11.4. The highest BCUT2D eigenvalue weighted by Gasteiger charge is 2.16. The van der Waals surface area contributed by atoms with E-state index in [4.69, 9.17) is 5.73 Å². The average Bonchev–Trinajstić information content (AvgIpc) is 2.68. The molecule has 0 spiro atoms. The molecule has 3 N–H and O–H groups in total. The van der Waals surface area contributed by atoms with Gasteiger partial charge in [-0.25, -0.2) is 4.98 Å². The van der Waals surface area contributed by atoms with Crippen LogP contribution in [0.25, 0.3) is 0 Å². The number of carbonyl (C=O) groups is 1. The topological polar surface area (TPSA) is 71.2 Å². The highest BCUT2D eigenvalue weighted by Crippen LogP contribution is 2.29. The molecule has 2 rings (SSSR count). The Morgan fingerprint density at radius 2 is 2.15 bits per heavy atom. The van der Waals surface area contributed by atoms with E-state index in [1.165, 1.54) is 11.3 Å². The van der Waals surface area contributed by atoms with Gasteiger partial charge < -0.3 is 16.0 Å². The Kier molecular flexibility index (Phi) is 4.29. The number of amides is 1. The molecular weight excluding hydrogens is 340 g/mol. The maximum absolute atomic E-state index is 12.3. The summed E-state index contributed by atoms with van der Waals surface area (Å²) in [7, 11) is 3.85. The number of aryl methyl sites for hydroxylation is 1. The van der Waals surface area contributed by atoms with Gasteiger partial charge in [-0.05, 0) is 25.1 Å². The van der Waals surface area contributed by atoms with Crippen LogP contribution in [-0.4, -0.2) is 25.0 Å². The minimum atomic E-state index is -0.196. The van der Waals surface area contributed by atoms with Gasteiger partial charge in [0, 0.05) is 18.6 Å². The summed E-state index contributed by atoms with van der Waals surface area (Å²) in [5.41, 5.74) is 7.93. The van der Waals surface area contributed by atoms with Gasteiger partial charge >= 0.3 is 0 Å². The Morgan fingerprint density at radius 3 is 2.70 bits per heavy atom. The lowest BCUT2D eigenvalue weighted by Crippen LogP contribution is -2.16. The van der Waals surface area contributed by atoms with Gasteiger partial charge in [0.05, 0.1) is 17.1 Å². The number of anilines is 3. The van der Waals surface area contributed by atoms with Crippen molar-refractivity contribution in [3.05, 3.63) is 33.2 Å². The molecule has 2 aromatic rings. The first-order chi connectivity index (χ1) is 9.38. The number of carbonyl (C=O) groups excluding carboxylic acids is 1. The summed E-state index contributed by atoms with van der Waals surface area (Å²) >= 11 is 4.60. The minimum absolute atomic E-state index is 0.196. The molecule has 0 aliphatic carbocycles. The van der Waals surface area contributed by atoms with E-state index in [1.807, 2.05) is 37.2 Å². The second-order valence-corrected chi connectivity index (χ2v) is 6.42. The van der Waals surface area contributed by atoms with E-state index in [9.17, 15) is 4.79 Å². The maximum atomic E-state index is 12.3. The molecule has 0 unspecified atom stereocenters. The van der Waals surface area contributed by atoms with E-state index in [-0.39, 0.29) is 5.91 Å². The lowest BCUT2D eigenvalue weighted by atomic mass is 10.2. The third kappa shape index (κ3) is 3.10. The summed E-state index contributed by atoms with van der Waals surface area (Å²) in [4.78, 5) is 18.8. The third-order valence-corrected chi connectivity index (χ3v) is 4.19. The van der Waals surface area contributed by atoms with Crippen LogP contribution >= 0.6 is 27.3 Å². The van der Waals surface area contributed by atoms with Crippen molar-refractivity contribution >= 4 is 49.7 Å². The van der Waals surface area contributed by atoms with Gasteiger partial charge in [0.1, 0.15) is 4.88 Å². The first kappa shape index (κ1) is 14.8. The van der Waals surface area contributed by atoms with Gasteiger partial charge in [-0.15, -0.1) is 0 Å². The Bertz CT molecular complexity index is 654. The molecule has 20 heavy (non-hydrogen) atoms. The van der Waals surface area contributed by atoms with Crippen molar-refractivity contribution in [1.29, 1.82) is 0 Å². The number of thiazole rings is 1. The molecule has 0 saturated heterocycles. The molecule has 1 aromatic heterocycles.